The van der Waals surface area contributed by atoms with Gasteiger partial charge in [0.1, 0.15) is 11.3 Å². The van der Waals surface area contributed by atoms with Crippen molar-refractivity contribution in [2.24, 2.45) is 0 Å². The lowest BCUT2D eigenvalue weighted by Gasteiger charge is -2.26. The number of para-hydroxylation sites is 2. The number of rotatable bonds is 4. The maximum absolute atomic E-state index is 12.9. The number of benzene rings is 2. The Hall–Kier alpha value is -4.17. The molecule has 0 spiro atoms. The van der Waals surface area contributed by atoms with E-state index in [9.17, 15) is 14.4 Å². The van der Waals surface area contributed by atoms with Gasteiger partial charge in [0.15, 0.2) is 5.09 Å². The smallest absolute Gasteiger partial charge is 0.335 e. The summed E-state index contributed by atoms with van der Waals surface area (Å²) in [6.07, 6.45) is 3.07. The average Bonchev–Trinajstić information content (AvgIpc) is 3.24. The van der Waals surface area contributed by atoms with E-state index in [0.29, 0.717) is 16.5 Å². The van der Waals surface area contributed by atoms with Crippen LogP contribution in [0.5, 0.6) is 0 Å². The second-order valence-corrected chi connectivity index (χ2v) is 7.93. The third-order valence-corrected chi connectivity index (χ3v) is 5.78. The number of furan rings is 1. The molecule has 1 N–H and O–H groups in total. The van der Waals surface area contributed by atoms with Crippen LogP contribution in [0.15, 0.2) is 99.0 Å². The van der Waals surface area contributed by atoms with Gasteiger partial charge in [0.05, 0.1) is 11.2 Å². The lowest BCUT2D eigenvalue weighted by molar-refractivity contribution is -0.122. The second kappa shape index (κ2) is 8.16. The number of amides is 4. The highest BCUT2D eigenvalue weighted by molar-refractivity contribution is 7.99. The average molecular weight is 441 g/mol. The van der Waals surface area contributed by atoms with E-state index in [1.54, 1.807) is 48.7 Å². The van der Waals surface area contributed by atoms with Crippen molar-refractivity contribution in [1.82, 2.24) is 10.3 Å². The van der Waals surface area contributed by atoms with Gasteiger partial charge in [-0.15, -0.1) is 0 Å². The molecule has 5 rings (SSSR count). The van der Waals surface area contributed by atoms with Gasteiger partial charge in [-0.2, -0.15) is 0 Å². The van der Waals surface area contributed by atoms with E-state index < -0.39 is 17.8 Å². The molecule has 4 aromatic rings. The summed E-state index contributed by atoms with van der Waals surface area (Å²) in [6.45, 7) is 0. The fourth-order valence-electron chi connectivity index (χ4n) is 3.35. The number of hydrogen-bond acceptors (Lipinski definition) is 6. The molecule has 0 atom stereocenters. The summed E-state index contributed by atoms with van der Waals surface area (Å²) in [5, 5.41) is 3.79. The number of urea groups is 1. The summed E-state index contributed by atoms with van der Waals surface area (Å²) >= 11 is 1.39. The first-order valence-electron chi connectivity index (χ1n) is 9.68. The minimum Gasteiger partial charge on any atom is -0.450 e. The maximum atomic E-state index is 12.9. The Bertz CT molecular complexity index is 1390. The number of pyridine rings is 1. The number of fused-ring (bicyclic) bond motifs is 1. The van der Waals surface area contributed by atoms with Crippen molar-refractivity contribution in [2.45, 2.75) is 9.99 Å². The van der Waals surface area contributed by atoms with Gasteiger partial charge in [0.2, 0.25) is 0 Å². The van der Waals surface area contributed by atoms with Crippen LogP contribution in [0.2, 0.25) is 0 Å². The van der Waals surface area contributed by atoms with E-state index in [4.69, 9.17) is 4.42 Å². The molecule has 1 aliphatic heterocycles. The van der Waals surface area contributed by atoms with Crippen molar-refractivity contribution in [1.29, 1.82) is 0 Å². The zero-order valence-corrected chi connectivity index (χ0v) is 17.3. The monoisotopic (exact) mass is 441 g/mol. The Morgan fingerprint density at radius 2 is 1.72 bits per heavy atom. The quantitative estimate of drug-likeness (QED) is 0.366. The van der Waals surface area contributed by atoms with Crippen LogP contribution in [0, 0.1) is 0 Å². The van der Waals surface area contributed by atoms with Crippen LogP contribution in [-0.2, 0) is 9.59 Å². The van der Waals surface area contributed by atoms with Crippen LogP contribution >= 0.6 is 11.8 Å². The number of nitrogens with one attached hydrogen (secondary N) is 1. The third-order valence-electron chi connectivity index (χ3n) is 4.81. The Balaban J connectivity index is 1.43. The van der Waals surface area contributed by atoms with Crippen LogP contribution in [0.4, 0.5) is 10.5 Å². The SMILES string of the molecule is O=C1NC(=O)N(c2ccccc2)C(=O)/C1=C/c1ccc(Sc2cccc3cccnc23)o1. The van der Waals surface area contributed by atoms with Crippen LogP contribution in [0.1, 0.15) is 5.76 Å². The van der Waals surface area contributed by atoms with Gasteiger partial charge < -0.3 is 4.42 Å². The van der Waals surface area contributed by atoms with Crippen molar-refractivity contribution in [3.05, 3.63) is 90.3 Å². The van der Waals surface area contributed by atoms with Crippen molar-refractivity contribution < 1.29 is 18.8 Å². The number of carbonyl (C=O) groups is 3. The summed E-state index contributed by atoms with van der Waals surface area (Å²) in [6, 6.07) is 20.8. The maximum Gasteiger partial charge on any atom is 0.335 e. The number of carbonyl (C=O) groups excluding carboxylic acids is 3. The van der Waals surface area contributed by atoms with Gasteiger partial charge in [0, 0.05) is 16.5 Å². The fraction of sp³-hybridized carbons (Fsp3) is 0. The molecule has 0 aliphatic carbocycles. The number of imide groups is 2. The molecule has 2 aromatic carbocycles. The molecule has 3 heterocycles. The van der Waals surface area contributed by atoms with Crippen LogP contribution in [0.25, 0.3) is 17.0 Å². The van der Waals surface area contributed by atoms with E-state index in [1.165, 1.54) is 17.8 Å². The largest absolute Gasteiger partial charge is 0.450 e. The summed E-state index contributed by atoms with van der Waals surface area (Å²) < 4.78 is 5.83. The fourth-order valence-corrected chi connectivity index (χ4v) is 4.25. The second-order valence-electron chi connectivity index (χ2n) is 6.88. The van der Waals surface area contributed by atoms with Gasteiger partial charge in [0.25, 0.3) is 11.8 Å². The normalized spacial score (nSPS) is 15.4. The summed E-state index contributed by atoms with van der Waals surface area (Å²) in [7, 11) is 0. The molecule has 32 heavy (non-hydrogen) atoms. The molecule has 7 nitrogen and oxygen atoms in total. The number of aromatic nitrogens is 1. The Morgan fingerprint density at radius 1 is 0.906 bits per heavy atom. The minimum absolute atomic E-state index is 0.189. The van der Waals surface area contributed by atoms with E-state index in [1.807, 2.05) is 30.3 Å². The molecule has 0 bridgehead atoms. The van der Waals surface area contributed by atoms with Gasteiger partial charge in [-0.1, -0.05) is 36.4 Å². The summed E-state index contributed by atoms with van der Waals surface area (Å²) in [5.41, 5.74) is 1.04. The molecule has 1 aliphatic rings. The molecule has 4 amide bonds. The van der Waals surface area contributed by atoms with E-state index in [0.717, 1.165) is 20.7 Å². The minimum atomic E-state index is -0.789. The first kappa shape index (κ1) is 19.8. The van der Waals surface area contributed by atoms with Gasteiger partial charge in [-0.05, 0) is 54.2 Å². The highest BCUT2D eigenvalue weighted by Crippen LogP contribution is 2.34. The zero-order chi connectivity index (χ0) is 22.1. The molecule has 156 valence electrons. The Kier molecular flexibility index (Phi) is 5.04. The van der Waals surface area contributed by atoms with E-state index in [2.05, 4.69) is 10.3 Å². The topological polar surface area (TPSA) is 92.5 Å². The summed E-state index contributed by atoms with van der Waals surface area (Å²) in [4.78, 5) is 43.8. The number of anilines is 1. The van der Waals surface area contributed by atoms with Gasteiger partial charge >= 0.3 is 6.03 Å². The Labute approximate surface area is 186 Å². The number of hydrogen-bond donors (Lipinski definition) is 1. The Morgan fingerprint density at radius 3 is 2.56 bits per heavy atom. The molecule has 0 saturated carbocycles. The van der Waals surface area contributed by atoms with E-state index in [-0.39, 0.29) is 5.57 Å². The summed E-state index contributed by atoms with van der Waals surface area (Å²) in [5.74, 6) is -1.16. The van der Waals surface area contributed by atoms with E-state index >= 15 is 0 Å². The molecular formula is C24H15N3O4S. The van der Waals surface area contributed by atoms with Crippen molar-refractivity contribution in [3.63, 3.8) is 0 Å². The van der Waals surface area contributed by atoms with Crippen molar-refractivity contribution in [3.8, 4) is 0 Å². The molecule has 8 heteroatoms. The van der Waals surface area contributed by atoms with Gasteiger partial charge in [-0.25, -0.2) is 9.69 Å². The molecular weight excluding hydrogens is 426 g/mol. The molecule has 1 saturated heterocycles. The lowest BCUT2D eigenvalue weighted by atomic mass is 10.1. The first-order valence-corrected chi connectivity index (χ1v) is 10.5. The van der Waals surface area contributed by atoms with Crippen LogP contribution in [0.3, 0.4) is 0 Å². The predicted molar refractivity (Wildman–Crippen MR) is 120 cm³/mol. The number of barbiturate groups is 1. The lowest BCUT2D eigenvalue weighted by Crippen LogP contribution is -2.54. The van der Waals surface area contributed by atoms with Gasteiger partial charge in [-0.3, -0.25) is 19.9 Å². The van der Waals surface area contributed by atoms with Crippen LogP contribution < -0.4 is 10.2 Å². The number of nitrogens with zero attached hydrogens (tertiary/aromatic N) is 2. The zero-order valence-electron chi connectivity index (χ0n) is 16.5. The first-order chi connectivity index (χ1) is 15.6. The highest BCUT2D eigenvalue weighted by atomic mass is 32.2. The molecule has 1 fully saturated rings. The molecule has 0 radical (unpaired) electrons. The van der Waals surface area contributed by atoms with Crippen LogP contribution in [-0.4, -0.2) is 22.8 Å². The molecule has 2 aromatic heterocycles. The highest BCUT2D eigenvalue weighted by Gasteiger charge is 2.36. The third kappa shape index (κ3) is 3.67. The molecule has 0 unspecified atom stereocenters. The standard InChI is InChI=1S/C24H15N3O4S/c28-22-18(23(29)27(24(30)26-22)16-8-2-1-3-9-16)14-17-11-12-20(31-17)32-19-10-4-6-15-7-5-13-25-21(15)19/h1-14H,(H,26,28,30)/b18-14+. The predicted octanol–water partition coefficient (Wildman–Crippen LogP) is 4.65. The van der Waals surface area contributed by atoms with Crippen molar-refractivity contribution in [2.75, 3.05) is 4.90 Å². The van der Waals surface area contributed by atoms with Crippen molar-refractivity contribution >= 4 is 52.3 Å².